The number of benzene rings is 1. The first kappa shape index (κ1) is 16.4. The quantitative estimate of drug-likeness (QED) is 0.672. The lowest BCUT2D eigenvalue weighted by Gasteiger charge is -2.39. The van der Waals surface area contributed by atoms with Crippen LogP contribution in [-0.4, -0.2) is 29.4 Å². The van der Waals surface area contributed by atoms with E-state index in [1.54, 1.807) is 0 Å². The Labute approximate surface area is 133 Å². The minimum absolute atomic E-state index is 0.0623. The molecule has 1 N–H and O–H groups in total. The van der Waals surface area contributed by atoms with Crippen LogP contribution in [0.4, 0.5) is 0 Å². The maximum Gasteiger partial charge on any atom is 0.249 e. The van der Waals surface area contributed by atoms with Crippen molar-refractivity contribution in [1.29, 1.82) is 5.26 Å². The van der Waals surface area contributed by atoms with Crippen LogP contribution in [0.25, 0.3) is 0 Å². The molecular weight excluding hydrogens is 274 g/mol. The van der Waals surface area contributed by atoms with Crippen LogP contribution in [0.1, 0.15) is 38.7 Å². The molecule has 4 heteroatoms. The van der Waals surface area contributed by atoms with Gasteiger partial charge in [0.15, 0.2) is 6.19 Å². The van der Waals surface area contributed by atoms with E-state index in [2.05, 4.69) is 12.2 Å². The summed E-state index contributed by atoms with van der Waals surface area (Å²) in [7, 11) is 0. The molecule has 0 saturated carbocycles. The first-order valence-corrected chi connectivity index (χ1v) is 8.11. The fourth-order valence-corrected chi connectivity index (χ4v) is 3.10. The second-order valence-electron chi connectivity index (χ2n) is 6.31. The predicted molar refractivity (Wildman–Crippen MR) is 86.9 cm³/mol. The molecule has 1 saturated heterocycles. The molecule has 0 radical (unpaired) electrons. The molecule has 1 aliphatic rings. The van der Waals surface area contributed by atoms with Crippen molar-refractivity contribution < 1.29 is 4.79 Å². The van der Waals surface area contributed by atoms with Gasteiger partial charge >= 0.3 is 0 Å². The van der Waals surface area contributed by atoms with E-state index in [0.29, 0.717) is 18.8 Å². The van der Waals surface area contributed by atoms with E-state index >= 15 is 0 Å². The summed E-state index contributed by atoms with van der Waals surface area (Å²) in [5, 5.41) is 12.0. The predicted octanol–water partition coefficient (Wildman–Crippen LogP) is 2.71. The lowest BCUT2D eigenvalue weighted by Crippen LogP contribution is -2.59. The van der Waals surface area contributed by atoms with Gasteiger partial charge in [-0.15, -0.1) is 0 Å². The largest absolute Gasteiger partial charge is 0.341 e. The van der Waals surface area contributed by atoms with Gasteiger partial charge in [-0.25, -0.2) is 0 Å². The maximum absolute atomic E-state index is 13.1. The third kappa shape index (κ3) is 3.59. The topological polar surface area (TPSA) is 56.1 Å². The third-order valence-corrected chi connectivity index (χ3v) is 4.73. The van der Waals surface area contributed by atoms with Crippen molar-refractivity contribution in [2.75, 3.05) is 13.1 Å². The summed E-state index contributed by atoms with van der Waals surface area (Å²) in [4.78, 5) is 15.0. The van der Waals surface area contributed by atoms with E-state index in [0.717, 1.165) is 31.5 Å². The zero-order valence-electron chi connectivity index (χ0n) is 13.5. The Hall–Kier alpha value is -2.02. The summed E-state index contributed by atoms with van der Waals surface area (Å²) in [5.41, 5.74) is 0.252. The van der Waals surface area contributed by atoms with Gasteiger partial charge in [0.25, 0.3) is 0 Å². The highest BCUT2D eigenvalue weighted by Crippen LogP contribution is 2.24. The van der Waals surface area contributed by atoms with E-state index in [1.807, 2.05) is 48.3 Å². The SMILES string of the molecule is CC[C@@](Cc1ccccc1)(NC#N)C(=O)N1CCC(C)CC1. The van der Waals surface area contributed by atoms with E-state index in [9.17, 15) is 4.79 Å². The van der Waals surface area contributed by atoms with Crippen molar-refractivity contribution >= 4 is 5.91 Å². The second-order valence-corrected chi connectivity index (χ2v) is 6.31. The number of likely N-dealkylation sites (tertiary alicyclic amines) is 1. The number of amides is 1. The molecule has 0 bridgehead atoms. The number of nitrogens with zero attached hydrogens (tertiary/aromatic N) is 2. The standard InChI is InChI=1S/C18H25N3O/c1-3-18(20-14-19,13-16-7-5-4-6-8-16)17(22)21-11-9-15(2)10-12-21/h4-8,15,20H,3,9-13H2,1-2H3/t18-/m0/s1. The number of hydrogen-bond donors (Lipinski definition) is 1. The monoisotopic (exact) mass is 299 g/mol. The zero-order chi connectivity index (χ0) is 16.0. The molecule has 118 valence electrons. The molecule has 1 amide bonds. The van der Waals surface area contributed by atoms with E-state index in [1.165, 1.54) is 0 Å². The molecular formula is C18H25N3O. The molecule has 4 nitrogen and oxygen atoms in total. The van der Waals surface area contributed by atoms with Crippen molar-refractivity contribution in [3.8, 4) is 6.19 Å². The molecule has 1 heterocycles. The smallest absolute Gasteiger partial charge is 0.249 e. The Morgan fingerprint density at radius 1 is 1.36 bits per heavy atom. The number of nitrogens with one attached hydrogen (secondary N) is 1. The Kier molecular flexibility index (Phi) is 5.43. The molecule has 22 heavy (non-hydrogen) atoms. The molecule has 1 atom stereocenters. The summed E-state index contributed by atoms with van der Waals surface area (Å²) in [6.07, 6.45) is 5.24. The average Bonchev–Trinajstić information content (AvgIpc) is 2.55. The van der Waals surface area contributed by atoms with Gasteiger partial charge in [0, 0.05) is 19.5 Å². The summed E-state index contributed by atoms with van der Waals surface area (Å²) >= 11 is 0. The van der Waals surface area contributed by atoms with Crippen LogP contribution < -0.4 is 5.32 Å². The van der Waals surface area contributed by atoms with Crippen LogP contribution >= 0.6 is 0 Å². The number of hydrogen-bond acceptors (Lipinski definition) is 3. The van der Waals surface area contributed by atoms with Crippen LogP contribution in [0, 0.1) is 17.4 Å². The first-order valence-electron chi connectivity index (χ1n) is 8.11. The van der Waals surface area contributed by atoms with Crippen LogP contribution in [0.2, 0.25) is 0 Å². The molecule has 0 spiro atoms. The zero-order valence-corrected chi connectivity index (χ0v) is 13.5. The van der Waals surface area contributed by atoms with Crippen molar-refractivity contribution in [2.24, 2.45) is 5.92 Å². The number of carbonyl (C=O) groups is 1. The highest BCUT2D eigenvalue weighted by molar-refractivity contribution is 5.87. The van der Waals surface area contributed by atoms with Crippen LogP contribution in [0.15, 0.2) is 30.3 Å². The lowest BCUT2D eigenvalue weighted by atomic mass is 9.85. The van der Waals surface area contributed by atoms with Gasteiger partial charge in [-0.1, -0.05) is 44.2 Å². The van der Waals surface area contributed by atoms with Gasteiger partial charge < -0.3 is 10.2 Å². The Morgan fingerprint density at radius 3 is 2.55 bits per heavy atom. The fourth-order valence-electron chi connectivity index (χ4n) is 3.10. The molecule has 0 unspecified atom stereocenters. The molecule has 1 fully saturated rings. The highest BCUT2D eigenvalue weighted by Gasteiger charge is 2.40. The van der Waals surface area contributed by atoms with Gasteiger partial charge in [0.05, 0.1) is 0 Å². The highest BCUT2D eigenvalue weighted by atomic mass is 16.2. The van der Waals surface area contributed by atoms with Crippen LogP contribution in [0.3, 0.4) is 0 Å². The minimum Gasteiger partial charge on any atom is -0.341 e. The number of rotatable bonds is 5. The Bertz CT molecular complexity index is 529. The van der Waals surface area contributed by atoms with Crippen molar-refractivity contribution in [3.05, 3.63) is 35.9 Å². The van der Waals surface area contributed by atoms with E-state index in [4.69, 9.17) is 5.26 Å². The molecule has 2 rings (SSSR count). The molecule has 1 aliphatic heterocycles. The van der Waals surface area contributed by atoms with Crippen LogP contribution in [0.5, 0.6) is 0 Å². The van der Waals surface area contributed by atoms with Crippen molar-refractivity contribution in [2.45, 2.75) is 45.1 Å². The summed E-state index contributed by atoms with van der Waals surface area (Å²) < 4.78 is 0. The molecule has 0 aromatic heterocycles. The fraction of sp³-hybridized carbons (Fsp3) is 0.556. The molecule has 1 aromatic rings. The summed E-state index contributed by atoms with van der Waals surface area (Å²) in [5.74, 6) is 0.741. The molecule has 0 aliphatic carbocycles. The number of piperidine rings is 1. The average molecular weight is 299 g/mol. The van der Waals surface area contributed by atoms with Gasteiger partial charge in [-0.3, -0.25) is 4.79 Å². The van der Waals surface area contributed by atoms with E-state index < -0.39 is 5.54 Å². The van der Waals surface area contributed by atoms with Crippen molar-refractivity contribution in [3.63, 3.8) is 0 Å². The minimum atomic E-state index is -0.823. The summed E-state index contributed by atoms with van der Waals surface area (Å²) in [6, 6.07) is 9.91. The van der Waals surface area contributed by atoms with Crippen molar-refractivity contribution in [1.82, 2.24) is 10.2 Å². The van der Waals surface area contributed by atoms with Gasteiger partial charge in [0.1, 0.15) is 5.54 Å². The third-order valence-electron chi connectivity index (χ3n) is 4.73. The number of carbonyl (C=O) groups excluding carboxylic acids is 1. The molecule has 1 aromatic carbocycles. The van der Waals surface area contributed by atoms with Gasteiger partial charge in [0.2, 0.25) is 5.91 Å². The lowest BCUT2D eigenvalue weighted by molar-refractivity contribution is -0.139. The Balaban J connectivity index is 2.20. The first-order chi connectivity index (χ1) is 10.6. The summed E-state index contributed by atoms with van der Waals surface area (Å²) in [6.45, 7) is 5.79. The Morgan fingerprint density at radius 2 is 2.00 bits per heavy atom. The van der Waals surface area contributed by atoms with Gasteiger partial charge in [-0.2, -0.15) is 5.26 Å². The van der Waals surface area contributed by atoms with Gasteiger partial charge in [-0.05, 0) is 30.7 Å². The number of nitriles is 1. The normalized spacial score (nSPS) is 18.3. The maximum atomic E-state index is 13.1. The van der Waals surface area contributed by atoms with E-state index in [-0.39, 0.29) is 5.91 Å². The second kappa shape index (κ2) is 7.31. The van der Waals surface area contributed by atoms with Crippen LogP contribution in [-0.2, 0) is 11.2 Å².